The van der Waals surface area contributed by atoms with Gasteiger partial charge in [0.05, 0.1) is 0 Å². The van der Waals surface area contributed by atoms with Crippen molar-refractivity contribution in [2.24, 2.45) is 0 Å². The lowest BCUT2D eigenvalue weighted by Crippen LogP contribution is -2.15. The minimum Gasteiger partial charge on any atom is -0.448 e. The van der Waals surface area contributed by atoms with Gasteiger partial charge in [-0.2, -0.15) is 0 Å². The van der Waals surface area contributed by atoms with Crippen LogP contribution in [0.5, 0.6) is 0 Å². The first kappa shape index (κ1) is 17.6. The fraction of sp³-hybridized carbons (Fsp3) is 0.500. The van der Waals surface area contributed by atoms with Gasteiger partial charge in [-0.1, -0.05) is 12.8 Å². The van der Waals surface area contributed by atoms with Crippen molar-refractivity contribution >= 4 is 23.4 Å². The van der Waals surface area contributed by atoms with E-state index in [2.05, 4.69) is 22.4 Å². The van der Waals surface area contributed by atoms with Crippen LogP contribution in [0, 0.1) is 0 Å². The number of nitrogens with zero attached hydrogens (tertiary/aromatic N) is 1. The SMILES string of the molecule is O=C(Nc1ccc(SC2CCCC2)cc1)c1coc(C2CCOCC2)n1. The Hall–Kier alpha value is -1.79. The third-order valence-electron chi connectivity index (χ3n) is 5.04. The van der Waals surface area contributed by atoms with Crippen LogP contribution in [0.2, 0.25) is 0 Å². The highest BCUT2D eigenvalue weighted by atomic mass is 32.2. The summed E-state index contributed by atoms with van der Waals surface area (Å²) in [5.41, 5.74) is 1.11. The highest BCUT2D eigenvalue weighted by Gasteiger charge is 2.22. The van der Waals surface area contributed by atoms with Crippen LogP contribution in [0.25, 0.3) is 0 Å². The molecule has 0 spiro atoms. The highest BCUT2D eigenvalue weighted by Crippen LogP contribution is 2.35. The molecular formula is C20H24N2O3S. The van der Waals surface area contributed by atoms with Crippen LogP contribution < -0.4 is 5.32 Å². The molecule has 1 amide bonds. The van der Waals surface area contributed by atoms with Crippen LogP contribution in [-0.4, -0.2) is 29.4 Å². The fourth-order valence-corrected chi connectivity index (χ4v) is 4.78. The van der Waals surface area contributed by atoms with E-state index in [1.807, 2.05) is 23.9 Å². The first-order valence-electron chi connectivity index (χ1n) is 9.39. The minimum absolute atomic E-state index is 0.233. The molecule has 0 bridgehead atoms. The molecule has 0 atom stereocenters. The summed E-state index contributed by atoms with van der Waals surface area (Å²) < 4.78 is 10.9. The second kappa shape index (κ2) is 8.27. The van der Waals surface area contributed by atoms with Crippen molar-refractivity contribution in [3.63, 3.8) is 0 Å². The number of carbonyl (C=O) groups excluding carboxylic acids is 1. The third kappa shape index (κ3) is 4.30. The quantitative estimate of drug-likeness (QED) is 0.812. The third-order valence-corrected chi connectivity index (χ3v) is 6.39. The zero-order valence-corrected chi connectivity index (χ0v) is 15.6. The second-order valence-electron chi connectivity index (χ2n) is 6.96. The van der Waals surface area contributed by atoms with E-state index in [-0.39, 0.29) is 11.8 Å². The molecule has 4 rings (SSSR count). The van der Waals surface area contributed by atoms with Crippen LogP contribution in [0.1, 0.15) is 60.8 Å². The molecule has 1 aromatic carbocycles. The van der Waals surface area contributed by atoms with E-state index in [1.54, 1.807) is 0 Å². The summed E-state index contributed by atoms with van der Waals surface area (Å²) in [4.78, 5) is 18.1. The lowest BCUT2D eigenvalue weighted by molar-refractivity contribution is 0.0794. The van der Waals surface area contributed by atoms with Gasteiger partial charge in [0.1, 0.15) is 6.26 Å². The molecule has 1 aromatic heterocycles. The van der Waals surface area contributed by atoms with Gasteiger partial charge in [-0.15, -0.1) is 11.8 Å². The first-order chi connectivity index (χ1) is 12.8. The second-order valence-corrected chi connectivity index (χ2v) is 8.33. The minimum atomic E-state index is -0.233. The fourth-order valence-electron chi connectivity index (χ4n) is 3.53. The number of amides is 1. The Morgan fingerprint density at radius 3 is 2.54 bits per heavy atom. The van der Waals surface area contributed by atoms with E-state index in [4.69, 9.17) is 9.15 Å². The number of oxazole rings is 1. The molecule has 2 heterocycles. The Labute approximate surface area is 157 Å². The predicted octanol–water partition coefficient (Wildman–Crippen LogP) is 4.86. The smallest absolute Gasteiger partial charge is 0.277 e. The molecule has 1 N–H and O–H groups in total. The van der Waals surface area contributed by atoms with Crippen LogP contribution >= 0.6 is 11.8 Å². The number of rotatable bonds is 5. The van der Waals surface area contributed by atoms with Crippen LogP contribution in [0.4, 0.5) is 5.69 Å². The van der Waals surface area contributed by atoms with E-state index in [9.17, 15) is 4.79 Å². The van der Waals surface area contributed by atoms with Gasteiger partial charge in [0.2, 0.25) is 0 Å². The lowest BCUT2D eigenvalue weighted by Gasteiger charge is -2.18. The van der Waals surface area contributed by atoms with E-state index in [1.165, 1.54) is 36.8 Å². The summed E-state index contributed by atoms with van der Waals surface area (Å²) in [6.07, 6.45) is 8.54. The van der Waals surface area contributed by atoms with Gasteiger partial charge in [0.15, 0.2) is 11.6 Å². The molecule has 2 aliphatic rings. The maximum absolute atomic E-state index is 12.4. The normalized spacial score (nSPS) is 18.9. The maximum atomic E-state index is 12.4. The topological polar surface area (TPSA) is 64.4 Å². The first-order valence-corrected chi connectivity index (χ1v) is 10.3. The summed E-state index contributed by atoms with van der Waals surface area (Å²) in [5.74, 6) is 0.655. The summed E-state index contributed by atoms with van der Waals surface area (Å²) in [5, 5.41) is 3.64. The Kier molecular flexibility index (Phi) is 5.60. The lowest BCUT2D eigenvalue weighted by atomic mass is 10.0. The molecule has 1 saturated heterocycles. The number of benzene rings is 1. The Balaban J connectivity index is 1.34. The Bertz CT molecular complexity index is 732. The Morgan fingerprint density at radius 2 is 1.81 bits per heavy atom. The van der Waals surface area contributed by atoms with Gasteiger partial charge in [-0.25, -0.2) is 4.98 Å². The molecule has 1 aliphatic heterocycles. The molecule has 5 nitrogen and oxygen atoms in total. The summed E-state index contributed by atoms with van der Waals surface area (Å²) >= 11 is 1.94. The van der Waals surface area contributed by atoms with Crippen molar-refractivity contribution in [2.75, 3.05) is 18.5 Å². The molecular weight excluding hydrogens is 348 g/mol. The van der Waals surface area contributed by atoms with Crippen LogP contribution in [0.15, 0.2) is 39.8 Å². The van der Waals surface area contributed by atoms with E-state index >= 15 is 0 Å². The number of thioether (sulfide) groups is 1. The number of aromatic nitrogens is 1. The van der Waals surface area contributed by atoms with Crippen LogP contribution in [-0.2, 0) is 4.74 Å². The van der Waals surface area contributed by atoms with Crippen molar-refractivity contribution in [2.45, 2.75) is 54.6 Å². The molecule has 0 unspecified atom stereocenters. The average molecular weight is 372 g/mol. The standard InChI is InChI=1S/C20H24N2O3S/c23-19(18-13-25-20(22-18)14-9-11-24-12-10-14)21-15-5-7-17(8-6-15)26-16-3-1-2-4-16/h5-8,13-14,16H,1-4,9-12H2,(H,21,23). The molecule has 26 heavy (non-hydrogen) atoms. The van der Waals surface area contributed by atoms with Crippen molar-refractivity contribution in [1.29, 1.82) is 0 Å². The number of carbonyl (C=O) groups is 1. The van der Waals surface area contributed by atoms with Crippen molar-refractivity contribution < 1.29 is 13.9 Å². The molecule has 6 heteroatoms. The highest BCUT2D eigenvalue weighted by molar-refractivity contribution is 8.00. The van der Waals surface area contributed by atoms with Crippen molar-refractivity contribution in [3.8, 4) is 0 Å². The van der Waals surface area contributed by atoms with Crippen molar-refractivity contribution in [3.05, 3.63) is 42.1 Å². The van der Waals surface area contributed by atoms with Gasteiger partial charge in [-0.3, -0.25) is 4.79 Å². The zero-order chi connectivity index (χ0) is 17.8. The molecule has 2 fully saturated rings. The largest absolute Gasteiger partial charge is 0.448 e. The number of hydrogen-bond donors (Lipinski definition) is 1. The Morgan fingerprint density at radius 1 is 1.08 bits per heavy atom. The van der Waals surface area contributed by atoms with Gasteiger partial charge in [0.25, 0.3) is 5.91 Å². The van der Waals surface area contributed by atoms with Crippen molar-refractivity contribution in [1.82, 2.24) is 4.98 Å². The zero-order valence-electron chi connectivity index (χ0n) is 14.8. The number of hydrogen-bond acceptors (Lipinski definition) is 5. The van der Waals surface area contributed by atoms with E-state index in [0.29, 0.717) is 11.6 Å². The molecule has 2 aromatic rings. The molecule has 0 radical (unpaired) electrons. The summed E-state index contributed by atoms with van der Waals surface area (Å²) in [6.45, 7) is 1.44. The van der Waals surface area contributed by atoms with E-state index < -0.39 is 0 Å². The summed E-state index contributed by atoms with van der Waals surface area (Å²) in [7, 11) is 0. The van der Waals surface area contributed by atoms with Gasteiger partial charge in [0, 0.05) is 35.0 Å². The number of nitrogens with one attached hydrogen (secondary N) is 1. The van der Waals surface area contributed by atoms with Gasteiger partial charge < -0.3 is 14.5 Å². The number of ether oxygens (including phenoxy) is 1. The monoisotopic (exact) mass is 372 g/mol. The van der Waals surface area contributed by atoms with E-state index in [0.717, 1.165) is 37.0 Å². The van der Waals surface area contributed by atoms with Crippen LogP contribution in [0.3, 0.4) is 0 Å². The average Bonchev–Trinajstić information content (AvgIpc) is 3.36. The molecule has 1 saturated carbocycles. The van der Waals surface area contributed by atoms with Gasteiger partial charge in [-0.05, 0) is 49.9 Å². The predicted molar refractivity (Wildman–Crippen MR) is 102 cm³/mol. The number of anilines is 1. The summed E-state index contributed by atoms with van der Waals surface area (Å²) in [6, 6.07) is 8.06. The maximum Gasteiger partial charge on any atom is 0.277 e. The molecule has 138 valence electrons. The molecule has 1 aliphatic carbocycles. The van der Waals surface area contributed by atoms with Gasteiger partial charge >= 0.3 is 0 Å².